The third-order valence-corrected chi connectivity index (χ3v) is 4.71. The smallest absolute Gasteiger partial charge is 0.240 e. The summed E-state index contributed by atoms with van der Waals surface area (Å²) in [4.78, 5) is 4.10. The maximum atomic E-state index is 12.2. The fourth-order valence-corrected chi connectivity index (χ4v) is 3.28. The van der Waals surface area contributed by atoms with E-state index in [4.69, 9.17) is 21.9 Å². The minimum atomic E-state index is -3.67. The number of nitrogen functional groups attached to an aromatic ring is 1. The number of benzene rings is 1. The van der Waals surface area contributed by atoms with Gasteiger partial charge in [-0.25, -0.2) is 13.1 Å². The van der Waals surface area contributed by atoms with Crippen LogP contribution < -0.4 is 10.5 Å². The largest absolute Gasteiger partial charge is 0.397 e. The lowest BCUT2D eigenvalue weighted by molar-refractivity contribution is 0.375. The average Bonchev–Trinajstić information content (AvgIpc) is 2.79. The first-order valence-corrected chi connectivity index (χ1v) is 8.00. The van der Waals surface area contributed by atoms with Gasteiger partial charge in [0, 0.05) is 13.0 Å². The normalized spacial score (nSPS) is 11.8. The Balaban J connectivity index is 2.10. The van der Waals surface area contributed by atoms with Crippen LogP contribution in [0.4, 0.5) is 5.69 Å². The van der Waals surface area contributed by atoms with Crippen molar-refractivity contribution >= 4 is 27.3 Å². The summed E-state index contributed by atoms with van der Waals surface area (Å²) in [6, 6.07) is 2.86. The number of hydrogen-bond donors (Lipinski definition) is 2. The molecule has 2 aromatic rings. The second-order valence-electron chi connectivity index (χ2n) is 4.52. The summed E-state index contributed by atoms with van der Waals surface area (Å²) in [5.41, 5.74) is 6.39. The van der Waals surface area contributed by atoms with E-state index in [9.17, 15) is 8.42 Å². The summed E-state index contributed by atoms with van der Waals surface area (Å²) < 4.78 is 31.8. The molecule has 0 saturated carbocycles. The van der Waals surface area contributed by atoms with Crippen molar-refractivity contribution in [2.75, 3.05) is 12.3 Å². The van der Waals surface area contributed by atoms with E-state index >= 15 is 0 Å². The molecule has 9 heteroatoms. The van der Waals surface area contributed by atoms with Crippen molar-refractivity contribution in [1.29, 1.82) is 0 Å². The van der Waals surface area contributed by atoms with Gasteiger partial charge in [0.15, 0.2) is 5.82 Å². The number of nitrogens with zero attached hydrogens (tertiary/aromatic N) is 2. The SMILES string of the molecule is Cc1noc(CCNS(=O)(=O)c2cc(N)c(Cl)cc2C)n1. The van der Waals surface area contributed by atoms with Gasteiger partial charge < -0.3 is 10.3 Å². The predicted octanol–water partition coefficient (Wildman–Crippen LogP) is 1.44. The number of nitrogens with two attached hydrogens (primary N) is 1. The maximum Gasteiger partial charge on any atom is 0.240 e. The van der Waals surface area contributed by atoms with Crippen molar-refractivity contribution in [1.82, 2.24) is 14.9 Å². The highest BCUT2D eigenvalue weighted by atomic mass is 35.5. The van der Waals surface area contributed by atoms with Crippen molar-refractivity contribution in [3.63, 3.8) is 0 Å². The summed E-state index contributed by atoms with van der Waals surface area (Å²) in [7, 11) is -3.67. The Morgan fingerprint density at radius 3 is 2.71 bits per heavy atom. The van der Waals surface area contributed by atoms with Gasteiger partial charge in [-0.15, -0.1) is 0 Å². The van der Waals surface area contributed by atoms with E-state index in [2.05, 4.69) is 14.9 Å². The highest BCUT2D eigenvalue weighted by molar-refractivity contribution is 7.89. The van der Waals surface area contributed by atoms with Gasteiger partial charge in [0.1, 0.15) is 0 Å². The van der Waals surface area contributed by atoms with Crippen LogP contribution in [0, 0.1) is 13.8 Å². The zero-order valence-electron chi connectivity index (χ0n) is 11.6. The van der Waals surface area contributed by atoms with E-state index in [1.807, 2.05) is 0 Å². The number of anilines is 1. The van der Waals surface area contributed by atoms with E-state index in [1.54, 1.807) is 13.8 Å². The molecule has 0 aliphatic heterocycles. The third-order valence-electron chi connectivity index (χ3n) is 2.78. The molecule has 0 amide bonds. The van der Waals surface area contributed by atoms with Crippen molar-refractivity contribution in [3.8, 4) is 0 Å². The lowest BCUT2D eigenvalue weighted by Gasteiger charge is -2.10. The zero-order valence-corrected chi connectivity index (χ0v) is 13.1. The molecule has 3 N–H and O–H groups in total. The Kier molecular flexibility index (Phi) is 4.50. The van der Waals surface area contributed by atoms with E-state index in [-0.39, 0.29) is 17.1 Å². The molecule has 2 rings (SSSR count). The van der Waals surface area contributed by atoms with E-state index in [0.29, 0.717) is 28.7 Å². The molecule has 1 heterocycles. The van der Waals surface area contributed by atoms with Crippen molar-refractivity contribution < 1.29 is 12.9 Å². The van der Waals surface area contributed by atoms with Crippen LogP contribution in [0.15, 0.2) is 21.6 Å². The van der Waals surface area contributed by atoms with Gasteiger partial charge in [-0.05, 0) is 31.5 Å². The quantitative estimate of drug-likeness (QED) is 0.802. The molecule has 114 valence electrons. The van der Waals surface area contributed by atoms with Crippen LogP contribution in [0.3, 0.4) is 0 Å². The summed E-state index contributed by atoms with van der Waals surface area (Å²) in [5, 5.41) is 3.96. The highest BCUT2D eigenvalue weighted by Gasteiger charge is 2.18. The van der Waals surface area contributed by atoms with Crippen LogP contribution in [-0.4, -0.2) is 25.1 Å². The van der Waals surface area contributed by atoms with Gasteiger partial charge in [0.2, 0.25) is 15.9 Å². The van der Waals surface area contributed by atoms with Gasteiger partial charge in [0.05, 0.1) is 15.6 Å². The molecular weight excluding hydrogens is 316 g/mol. The first kappa shape index (κ1) is 15.7. The van der Waals surface area contributed by atoms with Crippen LogP contribution in [0.2, 0.25) is 5.02 Å². The molecule has 7 nitrogen and oxygen atoms in total. The summed E-state index contributed by atoms with van der Waals surface area (Å²) >= 11 is 5.85. The van der Waals surface area contributed by atoms with Crippen molar-refractivity contribution in [2.24, 2.45) is 0 Å². The fraction of sp³-hybridized carbons (Fsp3) is 0.333. The second-order valence-corrected chi connectivity index (χ2v) is 6.66. The first-order chi connectivity index (χ1) is 9.79. The Morgan fingerprint density at radius 2 is 2.10 bits per heavy atom. The van der Waals surface area contributed by atoms with Crippen molar-refractivity contribution in [2.45, 2.75) is 25.2 Å². The average molecular weight is 331 g/mol. The van der Waals surface area contributed by atoms with Gasteiger partial charge in [-0.2, -0.15) is 4.98 Å². The van der Waals surface area contributed by atoms with Gasteiger partial charge in [0.25, 0.3) is 0 Å². The topological polar surface area (TPSA) is 111 Å². The summed E-state index contributed by atoms with van der Waals surface area (Å²) in [5.74, 6) is 0.886. The molecule has 0 aliphatic carbocycles. The Labute approximate surface area is 127 Å². The summed E-state index contributed by atoms with van der Waals surface area (Å²) in [6.07, 6.45) is 0.308. The monoisotopic (exact) mass is 330 g/mol. The molecular formula is C12H15ClN4O3S. The Bertz CT molecular complexity index is 758. The molecule has 0 radical (unpaired) electrons. The van der Waals surface area contributed by atoms with E-state index in [0.717, 1.165) is 0 Å². The third kappa shape index (κ3) is 3.72. The van der Waals surface area contributed by atoms with Crippen LogP contribution >= 0.6 is 11.6 Å². The molecule has 1 aromatic heterocycles. The molecule has 0 unspecified atom stereocenters. The molecule has 0 aliphatic rings. The standard InChI is InChI=1S/C12H15ClN4O3S/c1-7-5-9(13)10(14)6-11(7)21(18,19)15-4-3-12-16-8(2)17-20-12/h5-6,15H,3-4,14H2,1-2H3. The van der Waals surface area contributed by atoms with Crippen LogP contribution in [-0.2, 0) is 16.4 Å². The Morgan fingerprint density at radius 1 is 1.38 bits per heavy atom. The molecule has 0 saturated heterocycles. The molecule has 0 bridgehead atoms. The fourth-order valence-electron chi connectivity index (χ4n) is 1.77. The number of hydrogen-bond acceptors (Lipinski definition) is 6. The highest BCUT2D eigenvalue weighted by Crippen LogP contribution is 2.25. The molecule has 1 aromatic carbocycles. The number of nitrogens with one attached hydrogen (secondary N) is 1. The van der Waals surface area contributed by atoms with Crippen LogP contribution in [0.25, 0.3) is 0 Å². The number of rotatable bonds is 5. The summed E-state index contributed by atoms with van der Waals surface area (Å²) in [6.45, 7) is 3.49. The van der Waals surface area contributed by atoms with Gasteiger partial charge in [-0.3, -0.25) is 0 Å². The number of aryl methyl sites for hydroxylation is 2. The molecule has 21 heavy (non-hydrogen) atoms. The van der Waals surface area contributed by atoms with Crippen LogP contribution in [0.1, 0.15) is 17.3 Å². The van der Waals surface area contributed by atoms with Crippen molar-refractivity contribution in [3.05, 3.63) is 34.4 Å². The first-order valence-electron chi connectivity index (χ1n) is 6.14. The van der Waals surface area contributed by atoms with Gasteiger partial charge in [-0.1, -0.05) is 16.8 Å². The predicted molar refractivity (Wildman–Crippen MR) is 78.5 cm³/mol. The van der Waals surface area contributed by atoms with Gasteiger partial charge >= 0.3 is 0 Å². The maximum absolute atomic E-state index is 12.2. The number of sulfonamides is 1. The van der Waals surface area contributed by atoms with E-state index < -0.39 is 10.0 Å². The number of halogens is 1. The lowest BCUT2D eigenvalue weighted by Crippen LogP contribution is -2.26. The minimum absolute atomic E-state index is 0.103. The molecule has 0 atom stereocenters. The second kappa shape index (κ2) is 6.00. The minimum Gasteiger partial charge on any atom is -0.397 e. The number of aromatic nitrogens is 2. The Hall–Kier alpha value is -1.64. The lowest BCUT2D eigenvalue weighted by atomic mass is 10.2. The van der Waals surface area contributed by atoms with Crippen LogP contribution in [0.5, 0.6) is 0 Å². The van der Waals surface area contributed by atoms with E-state index in [1.165, 1.54) is 12.1 Å². The zero-order chi connectivity index (χ0) is 15.6. The molecule has 0 fully saturated rings. The molecule has 0 spiro atoms.